The Morgan fingerprint density at radius 2 is 1.97 bits per heavy atom. The van der Waals surface area contributed by atoms with Crippen LogP contribution in [0, 0.1) is 0 Å². The van der Waals surface area contributed by atoms with Crippen LogP contribution in [-0.4, -0.2) is 66.9 Å². The number of piperidine rings is 1. The quantitative estimate of drug-likeness (QED) is 0.550. The van der Waals surface area contributed by atoms with Crippen LogP contribution in [0.2, 0.25) is 5.02 Å². The molecular weight excluding hydrogens is 438 g/mol. The van der Waals surface area contributed by atoms with Crippen molar-refractivity contribution < 1.29 is 14.3 Å². The van der Waals surface area contributed by atoms with E-state index in [4.69, 9.17) is 21.1 Å². The lowest BCUT2D eigenvalue weighted by Crippen LogP contribution is -2.56. The van der Waals surface area contributed by atoms with Gasteiger partial charge < -0.3 is 14.4 Å². The zero-order chi connectivity index (χ0) is 23.2. The molecule has 0 spiro atoms. The number of esters is 1. The molecule has 2 aliphatic rings. The van der Waals surface area contributed by atoms with Gasteiger partial charge in [-0.2, -0.15) is 0 Å². The molecule has 1 aromatic heterocycles. The molecule has 6 nitrogen and oxygen atoms in total. The number of ether oxygens (including phenoxy) is 2. The molecule has 3 heterocycles. The first-order chi connectivity index (χ1) is 16.0. The second-order valence-corrected chi connectivity index (χ2v) is 9.44. The van der Waals surface area contributed by atoms with E-state index in [1.165, 1.54) is 5.56 Å². The number of morpholine rings is 1. The van der Waals surface area contributed by atoms with Crippen molar-refractivity contribution in [2.45, 2.75) is 57.7 Å². The Labute approximate surface area is 201 Å². The smallest absolute Gasteiger partial charge is 0.338 e. The second kappa shape index (κ2) is 11.3. The molecule has 4 rings (SSSR count). The third-order valence-corrected chi connectivity index (χ3v) is 6.96. The molecule has 0 bridgehead atoms. The van der Waals surface area contributed by atoms with E-state index >= 15 is 0 Å². The van der Waals surface area contributed by atoms with Crippen molar-refractivity contribution in [3.63, 3.8) is 0 Å². The number of carbonyl (C=O) groups excluding carboxylic acids is 1. The largest absolute Gasteiger partial charge is 0.462 e. The highest BCUT2D eigenvalue weighted by molar-refractivity contribution is 6.30. The average molecular weight is 472 g/mol. The monoisotopic (exact) mass is 471 g/mol. The lowest BCUT2D eigenvalue weighted by Gasteiger charge is -2.46. The number of halogens is 1. The van der Waals surface area contributed by atoms with Crippen LogP contribution in [0.25, 0.3) is 0 Å². The zero-order valence-corrected chi connectivity index (χ0v) is 20.3. The molecule has 0 unspecified atom stereocenters. The third-order valence-electron chi connectivity index (χ3n) is 6.70. The number of aryl methyl sites for hydroxylation is 1. The minimum absolute atomic E-state index is 0.262. The Morgan fingerprint density at radius 1 is 1.21 bits per heavy atom. The standard InChI is InChI=1S/C26H34ClN3O3/c1-3-32-26(31)21-10-13-28-25(16-21)29-14-11-23(12-15-29)30-17-19(2)33-18-24(30)9-6-20-4-7-22(27)8-5-20/h4-5,7-8,10,13,16,19,23-24H,3,6,9,11-12,14-15,17-18H2,1-2H3/t19-,24-/m0/s1. The second-order valence-electron chi connectivity index (χ2n) is 9.00. The number of anilines is 1. The van der Waals surface area contributed by atoms with Crippen LogP contribution in [0.3, 0.4) is 0 Å². The van der Waals surface area contributed by atoms with E-state index in [1.54, 1.807) is 12.3 Å². The van der Waals surface area contributed by atoms with Gasteiger partial charge in [0.15, 0.2) is 0 Å². The van der Waals surface area contributed by atoms with Crippen LogP contribution in [0.1, 0.15) is 49.0 Å². The van der Waals surface area contributed by atoms with E-state index in [-0.39, 0.29) is 12.1 Å². The summed E-state index contributed by atoms with van der Waals surface area (Å²) in [6.45, 7) is 7.99. The van der Waals surface area contributed by atoms with Gasteiger partial charge in [0.25, 0.3) is 0 Å². The van der Waals surface area contributed by atoms with Gasteiger partial charge >= 0.3 is 5.97 Å². The molecule has 0 N–H and O–H groups in total. The van der Waals surface area contributed by atoms with Crippen molar-refractivity contribution in [3.05, 3.63) is 58.7 Å². The molecule has 2 saturated heterocycles. The number of nitrogens with zero attached hydrogens (tertiary/aromatic N) is 3. The molecule has 0 aliphatic carbocycles. The normalized spacial score (nSPS) is 22.3. The van der Waals surface area contributed by atoms with Crippen LogP contribution < -0.4 is 4.90 Å². The lowest BCUT2D eigenvalue weighted by molar-refractivity contribution is -0.0767. The van der Waals surface area contributed by atoms with E-state index in [0.29, 0.717) is 24.3 Å². The van der Waals surface area contributed by atoms with E-state index in [0.717, 1.165) is 62.8 Å². The van der Waals surface area contributed by atoms with E-state index < -0.39 is 0 Å². The Hall–Kier alpha value is -2.15. The maximum absolute atomic E-state index is 12.1. The zero-order valence-electron chi connectivity index (χ0n) is 19.6. The molecule has 7 heteroatoms. The maximum Gasteiger partial charge on any atom is 0.338 e. The van der Waals surface area contributed by atoms with E-state index in [1.807, 2.05) is 25.1 Å². The van der Waals surface area contributed by atoms with Gasteiger partial charge in [-0.05, 0) is 69.4 Å². The number of carbonyl (C=O) groups is 1. The van der Waals surface area contributed by atoms with Crippen molar-refractivity contribution in [1.29, 1.82) is 0 Å². The van der Waals surface area contributed by atoms with Gasteiger partial charge in [-0.15, -0.1) is 0 Å². The van der Waals surface area contributed by atoms with Gasteiger partial charge in [0.1, 0.15) is 5.82 Å². The Morgan fingerprint density at radius 3 is 2.70 bits per heavy atom. The Balaban J connectivity index is 1.36. The molecule has 33 heavy (non-hydrogen) atoms. The molecule has 1 aromatic carbocycles. The van der Waals surface area contributed by atoms with Crippen LogP contribution in [0.4, 0.5) is 5.82 Å². The first kappa shape index (κ1) is 24.0. The molecule has 0 radical (unpaired) electrons. The topological polar surface area (TPSA) is 54.9 Å². The third kappa shape index (κ3) is 6.25. The van der Waals surface area contributed by atoms with Crippen molar-refractivity contribution in [3.8, 4) is 0 Å². The summed E-state index contributed by atoms with van der Waals surface area (Å²) < 4.78 is 11.2. The Bertz CT molecular complexity index is 915. The molecular formula is C26H34ClN3O3. The highest BCUT2D eigenvalue weighted by Crippen LogP contribution is 2.27. The van der Waals surface area contributed by atoms with Gasteiger partial charge in [0.05, 0.1) is 24.9 Å². The van der Waals surface area contributed by atoms with Gasteiger partial charge in [-0.1, -0.05) is 23.7 Å². The number of hydrogen-bond donors (Lipinski definition) is 0. The fourth-order valence-electron chi connectivity index (χ4n) is 4.91. The number of pyridine rings is 1. The molecule has 2 aromatic rings. The number of aromatic nitrogens is 1. The van der Waals surface area contributed by atoms with Gasteiger partial charge in [-0.25, -0.2) is 9.78 Å². The summed E-state index contributed by atoms with van der Waals surface area (Å²) in [6, 6.07) is 12.7. The van der Waals surface area contributed by atoms with Crippen LogP contribution >= 0.6 is 11.6 Å². The van der Waals surface area contributed by atoms with Crippen LogP contribution in [0.15, 0.2) is 42.6 Å². The number of hydrogen-bond acceptors (Lipinski definition) is 6. The predicted molar refractivity (Wildman–Crippen MR) is 131 cm³/mol. The molecule has 2 atom stereocenters. The van der Waals surface area contributed by atoms with Crippen LogP contribution in [0.5, 0.6) is 0 Å². The number of rotatable bonds is 7. The summed E-state index contributed by atoms with van der Waals surface area (Å²) in [7, 11) is 0. The van der Waals surface area contributed by atoms with E-state index in [2.05, 4.69) is 33.8 Å². The molecule has 2 fully saturated rings. The predicted octanol–water partition coefficient (Wildman–Crippen LogP) is 4.60. The van der Waals surface area contributed by atoms with Gasteiger partial charge in [-0.3, -0.25) is 4.90 Å². The first-order valence-electron chi connectivity index (χ1n) is 12.0. The average Bonchev–Trinajstić information content (AvgIpc) is 2.84. The summed E-state index contributed by atoms with van der Waals surface area (Å²) in [5.41, 5.74) is 1.88. The number of benzene rings is 1. The summed E-state index contributed by atoms with van der Waals surface area (Å²) >= 11 is 6.04. The fraction of sp³-hybridized carbons (Fsp3) is 0.538. The fourth-order valence-corrected chi connectivity index (χ4v) is 5.04. The highest BCUT2D eigenvalue weighted by atomic mass is 35.5. The SMILES string of the molecule is CCOC(=O)c1ccnc(N2CCC(N3C[C@H](C)OC[C@@H]3CCc3ccc(Cl)cc3)CC2)c1. The first-order valence-corrected chi connectivity index (χ1v) is 12.4. The molecule has 178 valence electrons. The molecule has 0 saturated carbocycles. The highest BCUT2D eigenvalue weighted by Gasteiger charge is 2.34. The Kier molecular flexibility index (Phi) is 8.23. The minimum Gasteiger partial charge on any atom is -0.462 e. The maximum atomic E-state index is 12.1. The van der Waals surface area contributed by atoms with Gasteiger partial charge in [0.2, 0.25) is 0 Å². The molecule has 0 amide bonds. The summed E-state index contributed by atoms with van der Waals surface area (Å²) in [4.78, 5) is 21.6. The summed E-state index contributed by atoms with van der Waals surface area (Å²) in [5, 5.41) is 0.782. The van der Waals surface area contributed by atoms with Crippen molar-refractivity contribution in [2.75, 3.05) is 37.7 Å². The van der Waals surface area contributed by atoms with Crippen molar-refractivity contribution >= 4 is 23.4 Å². The summed E-state index contributed by atoms with van der Waals surface area (Å²) in [6.07, 6.45) is 6.23. The minimum atomic E-state index is -0.290. The van der Waals surface area contributed by atoms with E-state index in [9.17, 15) is 4.79 Å². The summed E-state index contributed by atoms with van der Waals surface area (Å²) in [5.74, 6) is 0.565. The lowest BCUT2D eigenvalue weighted by atomic mass is 9.96. The van der Waals surface area contributed by atoms with Crippen molar-refractivity contribution in [1.82, 2.24) is 9.88 Å². The van der Waals surface area contributed by atoms with Gasteiger partial charge in [0, 0.05) is 42.9 Å². The van der Waals surface area contributed by atoms with Crippen LogP contribution in [-0.2, 0) is 15.9 Å². The van der Waals surface area contributed by atoms with Crippen molar-refractivity contribution in [2.24, 2.45) is 0 Å². The molecule has 2 aliphatic heterocycles.